The van der Waals surface area contributed by atoms with Crippen LogP contribution in [0.1, 0.15) is 27.2 Å². The average Bonchev–Trinajstić information content (AvgIpc) is 2.56. The number of hydrogen-bond acceptors (Lipinski definition) is 7. The molecule has 0 fully saturated rings. The quantitative estimate of drug-likeness (QED) is 0.561. The monoisotopic (exact) mass is 331 g/mol. The molecule has 0 amide bonds. The standard InChI is InChI=1S/C16H21N5O3/c1-4-11(3)19-15-14(21(22)23)16(18-10-17-15)20-12-6-8-13(9-7-12)24-5-2/h6-11H,4-5H2,1-3H3,(H2,17,18,19,20). The number of anilines is 3. The second-order valence-electron chi connectivity index (χ2n) is 5.21. The largest absolute Gasteiger partial charge is 0.494 e. The molecule has 2 N–H and O–H groups in total. The van der Waals surface area contributed by atoms with Gasteiger partial charge in [-0.25, -0.2) is 9.97 Å². The first kappa shape index (κ1) is 17.5. The van der Waals surface area contributed by atoms with E-state index in [0.717, 1.165) is 12.2 Å². The lowest BCUT2D eigenvalue weighted by Gasteiger charge is -2.13. The maximum atomic E-state index is 11.5. The topological polar surface area (TPSA) is 102 Å². The second kappa shape index (κ2) is 8.09. The van der Waals surface area contributed by atoms with Gasteiger partial charge in [-0.15, -0.1) is 0 Å². The van der Waals surface area contributed by atoms with Gasteiger partial charge < -0.3 is 15.4 Å². The normalized spacial score (nSPS) is 11.6. The zero-order chi connectivity index (χ0) is 17.5. The molecule has 0 radical (unpaired) electrons. The van der Waals surface area contributed by atoms with Crippen molar-refractivity contribution in [3.05, 3.63) is 40.7 Å². The summed E-state index contributed by atoms with van der Waals surface area (Å²) >= 11 is 0. The summed E-state index contributed by atoms with van der Waals surface area (Å²) in [5.41, 5.74) is 0.501. The van der Waals surface area contributed by atoms with E-state index in [1.807, 2.05) is 20.8 Å². The molecule has 1 atom stereocenters. The van der Waals surface area contributed by atoms with Crippen molar-refractivity contribution in [2.45, 2.75) is 33.2 Å². The van der Waals surface area contributed by atoms with Crippen LogP contribution < -0.4 is 15.4 Å². The number of ether oxygens (including phenoxy) is 1. The summed E-state index contributed by atoms with van der Waals surface area (Å²) in [5.74, 6) is 1.09. The van der Waals surface area contributed by atoms with E-state index < -0.39 is 4.92 Å². The molecule has 0 bridgehead atoms. The highest BCUT2D eigenvalue weighted by molar-refractivity contribution is 5.73. The van der Waals surface area contributed by atoms with Crippen LogP contribution in [0.15, 0.2) is 30.6 Å². The van der Waals surface area contributed by atoms with E-state index in [-0.39, 0.29) is 23.4 Å². The molecule has 0 aliphatic heterocycles. The molecule has 1 aromatic carbocycles. The van der Waals surface area contributed by atoms with Gasteiger partial charge in [-0.3, -0.25) is 10.1 Å². The van der Waals surface area contributed by atoms with Crippen molar-refractivity contribution < 1.29 is 9.66 Å². The van der Waals surface area contributed by atoms with Gasteiger partial charge in [0.2, 0.25) is 11.6 Å². The van der Waals surface area contributed by atoms with Crippen LogP contribution in [0.3, 0.4) is 0 Å². The molecule has 0 aliphatic carbocycles. The number of rotatable bonds is 8. The van der Waals surface area contributed by atoms with Crippen LogP contribution in [0.5, 0.6) is 5.75 Å². The van der Waals surface area contributed by atoms with Crippen molar-refractivity contribution >= 4 is 23.0 Å². The number of benzene rings is 1. The van der Waals surface area contributed by atoms with Gasteiger partial charge >= 0.3 is 5.69 Å². The highest BCUT2D eigenvalue weighted by Crippen LogP contribution is 2.32. The zero-order valence-electron chi connectivity index (χ0n) is 13.9. The lowest BCUT2D eigenvalue weighted by atomic mass is 10.2. The maximum Gasteiger partial charge on any atom is 0.353 e. The molecule has 0 spiro atoms. The van der Waals surface area contributed by atoms with E-state index >= 15 is 0 Å². The van der Waals surface area contributed by atoms with E-state index in [2.05, 4.69) is 20.6 Å². The fourth-order valence-corrected chi connectivity index (χ4v) is 2.02. The summed E-state index contributed by atoms with van der Waals surface area (Å²) in [6.45, 7) is 6.41. The van der Waals surface area contributed by atoms with Gasteiger partial charge in [-0.05, 0) is 44.5 Å². The minimum absolute atomic E-state index is 0.0666. The van der Waals surface area contributed by atoms with Gasteiger partial charge in [0.15, 0.2) is 0 Å². The first-order valence-corrected chi connectivity index (χ1v) is 7.81. The molecule has 8 heteroatoms. The Kier molecular flexibility index (Phi) is 5.89. The molecule has 128 valence electrons. The Morgan fingerprint density at radius 1 is 1.21 bits per heavy atom. The first-order chi connectivity index (χ1) is 11.5. The maximum absolute atomic E-state index is 11.5. The predicted octanol–water partition coefficient (Wildman–Crippen LogP) is 3.74. The number of nitrogens with one attached hydrogen (secondary N) is 2. The Labute approximate surface area is 140 Å². The number of aromatic nitrogens is 2. The Morgan fingerprint density at radius 2 is 1.88 bits per heavy atom. The first-order valence-electron chi connectivity index (χ1n) is 7.81. The SMILES string of the molecule is CCOc1ccc(Nc2ncnc(NC(C)CC)c2[N+](=O)[O-])cc1. The van der Waals surface area contributed by atoms with Crippen molar-refractivity contribution in [1.82, 2.24) is 9.97 Å². The number of hydrogen-bond donors (Lipinski definition) is 2. The third kappa shape index (κ3) is 4.31. The van der Waals surface area contributed by atoms with Gasteiger partial charge in [-0.1, -0.05) is 6.92 Å². The Morgan fingerprint density at radius 3 is 2.46 bits per heavy atom. The molecule has 1 unspecified atom stereocenters. The lowest BCUT2D eigenvalue weighted by Crippen LogP contribution is -2.16. The van der Waals surface area contributed by atoms with Crippen LogP contribution in [-0.2, 0) is 0 Å². The van der Waals surface area contributed by atoms with Crippen molar-refractivity contribution in [3.63, 3.8) is 0 Å². The Balaban J connectivity index is 2.28. The molecule has 1 heterocycles. The van der Waals surface area contributed by atoms with Gasteiger partial charge in [0.05, 0.1) is 11.5 Å². The summed E-state index contributed by atoms with van der Waals surface area (Å²) in [7, 11) is 0. The van der Waals surface area contributed by atoms with Crippen molar-refractivity contribution in [3.8, 4) is 5.75 Å². The van der Waals surface area contributed by atoms with Crippen molar-refractivity contribution in [2.75, 3.05) is 17.2 Å². The molecular formula is C16H21N5O3. The molecular weight excluding hydrogens is 310 g/mol. The van der Waals surface area contributed by atoms with Gasteiger partial charge in [0, 0.05) is 11.7 Å². The second-order valence-corrected chi connectivity index (χ2v) is 5.21. The van der Waals surface area contributed by atoms with E-state index in [9.17, 15) is 10.1 Å². The smallest absolute Gasteiger partial charge is 0.353 e. The summed E-state index contributed by atoms with van der Waals surface area (Å²) in [4.78, 5) is 19.0. The Bertz CT molecular complexity index is 691. The van der Waals surface area contributed by atoms with Gasteiger partial charge in [0.1, 0.15) is 12.1 Å². The van der Waals surface area contributed by atoms with Crippen LogP contribution in [0.25, 0.3) is 0 Å². The molecule has 0 aliphatic rings. The van der Waals surface area contributed by atoms with Gasteiger partial charge in [0.25, 0.3) is 0 Å². The third-order valence-corrected chi connectivity index (χ3v) is 3.43. The molecule has 8 nitrogen and oxygen atoms in total. The molecule has 2 rings (SSSR count). The van der Waals surface area contributed by atoms with E-state index in [0.29, 0.717) is 12.3 Å². The summed E-state index contributed by atoms with van der Waals surface area (Å²) in [5, 5.41) is 17.5. The van der Waals surface area contributed by atoms with Crippen LogP contribution in [0, 0.1) is 10.1 Å². The summed E-state index contributed by atoms with van der Waals surface area (Å²) in [6, 6.07) is 7.20. The number of nitrogens with zero attached hydrogens (tertiary/aromatic N) is 3. The summed E-state index contributed by atoms with van der Waals surface area (Å²) < 4.78 is 5.38. The van der Waals surface area contributed by atoms with E-state index in [1.54, 1.807) is 24.3 Å². The minimum atomic E-state index is -0.485. The van der Waals surface area contributed by atoms with Gasteiger partial charge in [-0.2, -0.15) is 0 Å². The van der Waals surface area contributed by atoms with Crippen molar-refractivity contribution in [1.29, 1.82) is 0 Å². The minimum Gasteiger partial charge on any atom is -0.494 e. The van der Waals surface area contributed by atoms with Crippen LogP contribution in [0.2, 0.25) is 0 Å². The molecule has 0 saturated carbocycles. The fourth-order valence-electron chi connectivity index (χ4n) is 2.02. The lowest BCUT2D eigenvalue weighted by molar-refractivity contribution is -0.383. The van der Waals surface area contributed by atoms with Crippen LogP contribution >= 0.6 is 0 Å². The highest BCUT2D eigenvalue weighted by Gasteiger charge is 2.23. The molecule has 0 saturated heterocycles. The molecule has 24 heavy (non-hydrogen) atoms. The Hall–Kier alpha value is -2.90. The highest BCUT2D eigenvalue weighted by atomic mass is 16.6. The predicted molar refractivity (Wildman–Crippen MR) is 93.0 cm³/mol. The van der Waals surface area contributed by atoms with E-state index in [1.165, 1.54) is 6.33 Å². The number of nitro groups is 1. The van der Waals surface area contributed by atoms with E-state index in [4.69, 9.17) is 4.74 Å². The fraction of sp³-hybridized carbons (Fsp3) is 0.375. The molecule has 2 aromatic rings. The zero-order valence-corrected chi connectivity index (χ0v) is 13.9. The van der Waals surface area contributed by atoms with Crippen LogP contribution in [0.4, 0.5) is 23.0 Å². The van der Waals surface area contributed by atoms with Crippen LogP contribution in [-0.4, -0.2) is 27.5 Å². The van der Waals surface area contributed by atoms with Crippen molar-refractivity contribution in [2.24, 2.45) is 0 Å². The summed E-state index contributed by atoms with van der Waals surface area (Å²) in [6.07, 6.45) is 2.12. The average molecular weight is 331 g/mol. The third-order valence-electron chi connectivity index (χ3n) is 3.43. The molecule has 1 aromatic heterocycles.